The van der Waals surface area contributed by atoms with Crippen molar-refractivity contribution in [1.82, 2.24) is 10.2 Å². The largest absolute Gasteiger partial charge is 0.480 e. The highest BCUT2D eigenvalue weighted by molar-refractivity contribution is 5.85. The number of hydrogen-bond donors (Lipinski definition) is 2. The highest BCUT2D eigenvalue weighted by Gasteiger charge is 2.40. The minimum absolute atomic E-state index is 0. The number of nitrogens with one attached hydrogen (secondary N) is 1. The van der Waals surface area contributed by atoms with Crippen LogP contribution in [0.2, 0.25) is 0 Å². The normalized spacial score (nSPS) is 23.6. The number of aliphatic carboxylic acids is 1. The molecule has 0 bridgehead atoms. The first-order valence-corrected chi connectivity index (χ1v) is 5.66. The lowest BCUT2D eigenvalue weighted by Gasteiger charge is -2.19. The second-order valence-corrected chi connectivity index (χ2v) is 5.25. The van der Waals surface area contributed by atoms with E-state index in [-0.39, 0.29) is 18.4 Å². The summed E-state index contributed by atoms with van der Waals surface area (Å²) in [6, 6.07) is -0.394. The number of halogens is 1. The number of carboxylic acid groups (broad SMARTS) is 1. The van der Waals surface area contributed by atoms with Gasteiger partial charge in [0.25, 0.3) is 0 Å². The zero-order valence-corrected chi connectivity index (χ0v) is 11.9. The highest BCUT2D eigenvalue weighted by Crippen LogP contribution is 2.20. The van der Waals surface area contributed by atoms with Crippen molar-refractivity contribution in [2.45, 2.75) is 45.4 Å². The highest BCUT2D eigenvalue weighted by atomic mass is 35.5. The Balaban J connectivity index is 0.00000289. The number of carbonyl (C=O) groups excluding carboxylic acids is 1. The van der Waals surface area contributed by atoms with Crippen molar-refractivity contribution in [2.24, 2.45) is 0 Å². The van der Waals surface area contributed by atoms with Crippen molar-refractivity contribution in [2.75, 3.05) is 13.1 Å². The molecule has 0 saturated carbocycles. The summed E-state index contributed by atoms with van der Waals surface area (Å²) in [6.07, 6.45) is -0.465. The van der Waals surface area contributed by atoms with Crippen LogP contribution >= 0.6 is 12.4 Å². The molecule has 0 spiro atoms. The van der Waals surface area contributed by atoms with Crippen LogP contribution in [0.25, 0.3) is 0 Å². The first kappa shape index (κ1) is 17.0. The van der Waals surface area contributed by atoms with Crippen LogP contribution in [-0.4, -0.2) is 52.8 Å². The molecular weight excluding hydrogens is 260 g/mol. The topological polar surface area (TPSA) is 78.6 Å². The smallest absolute Gasteiger partial charge is 0.407 e. The molecule has 1 heterocycles. The van der Waals surface area contributed by atoms with Gasteiger partial charge >= 0.3 is 12.1 Å². The quantitative estimate of drug-likeness (QED) is 0.754. The molecule has 106 valence electrons. The predicted molar refractivity (Wildman–Crippen MR) is 69.1 cm³/mol. The number of amides is 1. The molecule has 6 nitrogen and oxygen atoms in total. The van der Waals surface area contributed by atoms with E-state index >= 15 is 0 Å². The van der Waals surface area contributed by atoms with Crippen LogP contribution < -0.4 is 5.32 Å². The van der Waals surface area contributed by atoms with Crippen molar-refractivity contribution < 1.29 is 19.4 Å². The molecule has 18 heavy (non-hydrogen) atoms. The van der Waals surface area contributed by atoms with E-state index in [0.717, 1.165) is 0 Å². The van der Waals surface area contributed by atoms with Gasteiger partial charge in [0.2, 0.25) is 0 Å². The van der Waals surface area contributed by atoms with Crippen molar-refractivity contribution in [3.63, 3.8) is 0 Å². The van der Waals surface area contributed by atoms with Gasteiger partial charge in [-0.05, 0) is 27.7 Å². The molecular formula is C11H21ClN2O4. The van der Waals surface area contributed by atoms with Gasteiger partial charge in [-0.2, -0.15) is 0 Å². The summed E-state index contributed by atoms with van der Waals surface area (Å²) in [5.41, 5.74) is -0.512. The molecule has 1 fully saturated rings. The number of carbonyl (C=O) groups is 2. The summed E-state index contributed by atoms with van der Waals surface area (Å²) >= 11 is 0. The average molecular weight is 281 g/mol. The number of hydrogen-bond acceptors (Lipinski definition) is 4. The molecule has 1 amide bonds. The first-order valence-electron chi connectivity index (χ1n) is 5.66. The van der Waals surface area contributed by atoms with Gasteiger partial charge in [0.15, 0.2) is 0 Å². The van der Waals surface area contributed by atoms with E-state index in [0.29, 0.717) is 13.1 Å². The summed E-state index contributed by atoms with van der Waals surface area (Å²) in [4.78, 5) is 23.8. The minimum atomic E-state index is -0.843. The van der Waals surface area contributed by atoms with E-state index in [1.807, 2.05) is 0 Å². The van der Waals surface area contributed by atoms with Crippen LogP contribution in [0.3, 0.4) is 0 Å². The Morgan fingerprint density at radius 3 is 2.50 bits per heavy atom. The van der Waals surface area contributed by atoms with Crippen LogP contribution in [0, 0.1) is 0 Å². The molecule has 0 aromatic heterocycles. The Morgan fingerprint density at radius 2 is 2.06 bits per heavy atom. The monoisotopic (exact) mass is 280 g/mol. The van der Waals surface area contributed by atoms with Gasteiger partial charge < -0.3 is 15.2 Å². The fourth-order valence-corrected chi connectivity index (χ4v) is 1.51. The Hall–Kier alpha value is -1.01. The Kier molecular flexibility index (Phi) is 5.89. The lowest BCUT2D eigenvalue weighted by Crippen LogP contribution is -2.36. The SMILES string of the molecule is C[C@H](C(=O)O)N1CC1CNC(=O)OC(C)(C)C.Cl. The van der Waals surface area contributed by atoms with Gasteiger partial charge in [-0.1, -0.05) is 0 Å². The number of alkyl carbamates (subject to hydrolysis) is 1. The molecule has 3 atom stereocenters. The molecule has 1 aliphatic rings. The second-order valence-electron chi connectivity index (χ2n) is 5.25. The molecule has 1 aliphatic heterocycles. The van der Waals surface area contributed by atoms with Crippen LogP contribution in [0.15, 0.2) is 0 Å². The van der Waals surface area contributed by atoms with E-state index in [4.69, 9.17) is 9.84 Å². The van der Waals surface area contributed by atoms with E-state index in [2.05, 4.69) is 5.32 Å². The number of nitrogens with zero attached hydrogens (tertiary/aromatic N) is 1. The third-order valence-electron chi connectivity index (χ3n) is 2.49. The summed E-state index contributed by atoms with van der Waals surface area (Å²) in [5.74, 6) is -0.843. The number of rotatable bonds is 4. The maximum Gasteiger partial charge on any atom is 0.407 e. The van der Waals surface area contributed by atoms with Crippen molar-refractivity contribution in [3.05, 3.63) is 0 Å². The van der Waals surface area contributed by atoms with Crippen LogP contribution in [0.4, 0.5) is 4.79 Å². The van der Waals surface area contributed by atoms with Gasteiger partial charge in [0, 0.05) is 19.1 Å². The number of ether oxygens (including phenoxy) is 1. The fraction of sp³-hybridized carbons (Fsp3) is 0.818. The zero-order valence-electron chi connectivity index (χ0n) is 11.1. The predicted octanol–water partition coefficient (Wildman–Crippen LogP) is 1.09. The van der Waals surface area contributed by atoms with Crippen LogP contribution in [-0.2, 0) is 9.53 Å². The van der Waals surface area contributed by atoms with E-state index < -0.39 is 23.7 Å². The maximum absolute atomic E-state index is 11.3. The van der Waals surface area contributed by atoms with E-state index in [1.165, 1.54) is 0 Å². The molecule has 1 rings (SSSR count). The summed E-state index contributed by atoms with van der Waals surface area (Å²) in [7, 11) is 0. The van der Waals surface area contributed by atoms with Crippen molar-refractivity contribution in [1.29, 1.82) is 0 Å². The van der Waals surface area contributed by atoms with Crippen molar-refractivity contribution in [3.8, 4) is 0 Å². The van der Waals surface area contributed by atoms with E-state index in [1.54, 1.807) is 32.6 Å². The molecule has 0 aliphatic carbocycles. The minimum Gasteiger partial charge on any atom is -0.480 e. The fourth-order valence-electron chi connectivity index (χ4n) is 1.51. The van der Waals surface area contributed by atoms with Gasteiger partial charge in [0.05, 0.1) is 0 Å². The van der Waals surface area contributed by atoms with Gasteiger partial charge in [-0.25, -0.2) is 4.79 Å². The maximum atomic E-state index is 11.3. The molecule has 7 heteroatoms. The Morgan fingerprint density at radius 1 is 1.50 bits per heavy atom. The third kappa shape index (κ3) is 5.55. The first-order chi connectivity index (χ1) is 7.70. The zero-order chi connectivity index (χ0) is 13.2. The molecule has 2 N–H and O–H groups in total. The Labute approximate surface area is 113 Å². The average Bonchev–Trinajstić information content (AvgIpc) is 2.89. The standard InChI is InChI=1S/C11H20N2O4.ClH/c1-7(9(14)15)13-6-8(13)5-12-10(16)17-11(2,3)4;/h7-8H,5-6H2,1-4H3,(H,12,16)(H,14,15);1H/t7-,8?,13?;/m1./s1. The van der Waals surface area contributed by atoms with Crippen LogP contribution in [0.1, 0.15) is 27.7 Å². The summed E-state index contributed by atoms with van der Waals surface area (Å²) < 4.78 is 5.07. The van der Waals surface area contributed by atoms with Gasteiger partial charge in [-0.3, -0.25) is 9.69 Å². The molecule has 2 unspecified atom stereocenters. The third-order valence-corrected chi connectivity index (χ3v) is 2.49. The summed E-state index contributed by atoms with van der Waals surface area (Å²) in [6.45, 7) is 8.14. The Bertz CT molecular complexity index is 317. The summed E-state index contributed by atoms with van der Waals surface area (Å²) in [5, 5.41) is 11.4. The molecule has 0 aromatic rings. The second kappa shape index (κ2) is 6.24. The van der Waals surface area contributed by atoms with Gasteiger partial charge in [0.1, 0.15) is 11.6 Å². The van der Waals surface area contributed by atoms with Gasteiger partial charge in [-0.15, -0.1) is 12.4 Å². The lowest BCUT2D eigenvalue weighted by molar-refractivity contribution is -0.140. The van der Waals surface area contributed by atoms with Crippen LogP contribution in [0.5, 0.6) is 0 Å². The molecule has 0 radical (unpaired) electrons. The number of carboxylic acids is 1. The molecule has 1 saturated heterocycles. The lowest BCUT2D eigenvalue weighted by atomic mass is 10.2. The molecule has 0 aromatic carbocycles. The van der Waals surface area contributed by atoms with E-state index in [9.17, 15) is 9.59 Å². The van der Waals surface area contributed by atoms with Crippen molar-refractivity contribution >= 4 is 24.5 Å².